The van der Waals surface area contributed by atoms with Gasteiger partial charge in [0.2, 0.25) is 0 Å². The molecule has 0 aliphatic heterocycles. The Morgan fingerprint density at radius 2 is 1.67 bits per heavy atom. The molecule has 110 valence electrons. The summed E-state index contributed by atoms with van der Waals surface area (Å²) in [6, 6.07) is 17.3. The molecule has 21 heavy (non-hydrogen) atoms. The third-order valence-electron chi connectivity index (χ3n) is 3.50. The molecule has 2 aromatic rings. The van der Waals surface area contributed by atoms with Gasteiger partial charge in [-0.25, -0.2) is 0 Å². The molecule has 1 aliphatic carbocycles. The van der Waals surface area contributed by atoms with Crippen LogP contribution in [0.2, 0.25) is 0 Å². The zero-order valence-electron chi connectivity index (χ0n) is 11.9. The van der Waals surface area contributed by atoms with Crippen molar-refractivity contribution >= 4 is 0 Å². The monoisotopic (exact) mass is 284 g/mol. The molecule has 1 fully saturated rings. The Bertz CT molecular complexity index is 546. The third kappa shape index (κ3) is 4.23. The van der Waals surface area contributed by atoms with Gasteiger partial charge in [-0.05, 0) is 42.7 Å². The van der Waals surface area contributed by atoms with Gasteiger partial charge in [0.15, 0.2) is 0 Å². The first-order valence-electron chi connectivity index (χ1n) is 7.44. The van der Waals surface area contributed by atoms with Crippen molar-refractivity contribution in [2.75, 3.05) is 6.61 Å². The van der Waals surface area contributed by atoms with Crippen LogP contribution in [0.1, 0.15) is 30.9 Å². The summed E-state index contributed by atoms with van der Waals surface area (Å²) in [4.78, 5) is 0. The maximum absolute atomic E-state index is 10.2. The molecule has 0 radical (unpaired) electrons. The highest BCUT2D eigenvalue weighted by atomic mass is 16.5. The summed E-state index contributed by atoms with van der Waals surface area (Å²) in [5, 5.41) is 10.2. The van der Waals surface area contributed by atoms with Gasteiger partial charge in [-0.3, -0.25) is 0 Å². The second-order valence-corrected chi connectivity index (χ2v) is 5.35. The fraction of sp³-hybridized carbons (Fsp3) is 0.333. The minimum absolute atomic E-state index is 0.403. The Morgan fingerprint density at radius 1 is 0.952 bits per heavy atom. The largest absolute Gasteiger partial charge is 0.493 e. The van der Waals surface area contributed by atoms with Crippen molar-refractivity contribution in [3.05, 3.63) is 60.2 Å². The molecule has 1 saturated carbocycles. The van der Waals surface area contributed by atoms with E-state index in [4.69, 9.17) is 9.47 Å². The van der Waals surface area contributed by atoms with E-state index in [2.05, 4.69) is 0 Å². The lowest BCUT2D eigenvalue weighted by Crippen LogP contribution is -2.05. The number of benzene rings is 2. The number of hydrogen-bond donors (Lipinski definition) is 1. The van der Waals surface area contributed by atoms with Crippen molar-refractivity contribution in [3.8, 4) is 11.5 Å². The van der Waals surface area contributed by atoms with Gasteiger partial charge in [0.1, 0.15) is 11.5 Å². The van der Waals surface area contributed by atoms with E-state index in [0.29, 0.717) is 19.1 Å². The van der Waals surface area contributed by atoms with Gasteiger partial charge < -0.3 is 14.6 Å². The highest BCUT2D eigenvalue weighted by Gasteiger charge is 2.23. The van der Waals surface area contributed by atoms with Crippen molar-refractivity contribution in [2.24, 2.45) is 0 Å². The highest BCUT2D eigenvalue weighted by molar-refractivity contribution is 5.29. The molecule has 1 N–H and O–H groups in total. The van der Waals surface area contributed by atoms with Crippen LogP contribution in [0.3, 0.4) is 0 Å². The number of para-hydroxylation sites is 1. The Labute approximate surface area is 125 Å². The molecule has 3 heteroatoms. The van der Waals surface area contributed by atoms with Crippen molar-refractivity contribution in [1.82, 2.24) is 0 Å². The van der Waals surface area contributed by atoms with Crippen LogP contribution in [0.5, 0.6) is 11.5 Å². The summed E-state index contributed by atoms with van der Waals surface area (Å²) in [6.45, 7) is 0.492. The van der Waals surface area contributed by atoms with E-state index in [1.807, 2.05) is 54.6 Å². The summed E-state index contributed by atoms with van der Waals surface area (Å²) in [5.74, 6) is 1.71. The van der Waals surface area contributed by atoms with E-state index in [9.17, 15) is 5.11 Å². The SMILES string of the molecule is OC(CCOc1ccccc1)c1ccc(OC2CC2)cc1. The molecular weight excluding hydrogens is 264 g/mol. The van der Waals surface area contributed by atoms with E-state index < -0.39 is 6.10 Å². The summed E-state index contributed by atoms with van der Waals surface area (Å²) in [7, 11) is 0. The molecule has 3 nitrogen and oxygen atoms in total. The molecule has 1 unspecified atom stereocenters. The molecule has 2 aromatic carbocycles. The minimum atomic E-state index is -0.510. The molecule has 1 aliphatic rings. The highest BCUT2D eigenvalue weighted by Crippen LogP contribution is 2.28. The van der Waals surface area contributed by atoms with Gasteiger partial charge in [-0.1, -0.05) is 30.3 Å². The topological polar surface area (TPSA) is 38.7 Å². The second-order valence-electron chi connectivity index (χ2n) is 5.35. The minimum Gasteiger partial charge on any atom is -0.493 e. The Kier molecular flexibility index (Phi) is 4.41. The van der Waals surface area contributed by atoms with E-state index in [0.717, 1.165) is 29.9 Å². The van der Waals surface area contributed by atoms with Crippen LogP contribution < -0.4 is 9.47 Å². The Balaban J connectivity index is 1.46. The van der Waals surface area contributed by atoms with Crippen molar-refractivity contribution in [3.63, 3.8) is 0 Å². The summed E-state index contributed by atoms with van der Waals surface area (Å²) < 4.78 is 11.3. The smallest absolute Gasteiger partial charge is 0.119 e. The lowest BCUT2D eigenvalue weighted by Gasteiger charge is -2.13. The van der Waals surface area contributed by atoms with Crippen molar-refractivity contribution in [1.29, 1.82) is 0 Å². The molecule has 0 saturated heterocycles. The standard InChI is InChI=1S/C18H20O3/c19-18(12-13-20-15-4-2-1-3-5-15)14-6-8-16(9-7-14)21-17-10-11-17/h1-9,17-19H,10-13H2. The summed E-state index contributed by atoms with van der Waals surface area (Å²) in [6.07, 6.45) is 2.77. The molecule has 0 aromatic heterocycles. The first-order chi connectivity index (χ1) is 10.3. The Morgan fingerprint density at radius 3 is 2.33 bits per heavy atom. The normalized spacial score (nSPS) is 15.5. The molecular formula is C18H20O3. The van der Waals surface area contributed by atoms with Crippen LogP contribution >= 0.6 is 0 Å². The quantitative estimate of drug-likeness (QED) is 0.842. The second kappa shape index (κ2) is 6.64. The van der Waals surface area contributed by atoms with E-state index in [1.165, 1.54) is 0 Å². The van der Waals surface area contributed by atoms with E-state index in [1.54, 1.807) is 0 Å². The summed E-state index contributed by atoms with van der Waals surface area (Å²) >= 11 is 0. The fourth-order valence-corrected chi connectivity index (χ4v) is 2.12. The Hall–Kier alpha value is -2.00. The summed E-state index contributed by atoms with van der Waals surface area (Å²) in [5.41, 5.74) is 0.898. The van der Waals surface area contributed by atoms with E-state index >= 15 is 0 Å². The average Bonchev–Trinajstić information content (AvgIpc) is 3.33. The van der Waals surface area contributed by atoms with Crippen LogP contribution in [-0.2, 0) is 0 Å². The van der Waals surface area contributed by atoms with Crippen molar-refractivity contribution in [2.45, 2.75) is 31.5 Å². The number of ether oxygens (including phenoxy) is 2. The van der Waals surface area contributed by atoms with E-state index in [-0.39, 0.29) is 0 Å². The van der Waals surface area contributed by atoms with Gasteiger partial charge in [-0.2, -0.15) is 0 Å². The number of hydrogen-bond acceptors (Lipinski definition) is 3. The number of aliphatic hydroxyl groups excluding tert-OH is 1. The predicted molar refractivity (Wildman–Crippen MR) is 81.6 cm³/mol. The van der Waals surface area contributed by atoms with Crippen LogP contribution in [0, 0.1) is 0 Å². The first kappa shape index (κ1) is 14.0. The molecule has 0 spiro atoms. The van der Waals surface area contributed by atoms with Gasteiger partial charge in [-0.15, -0.1) is 0 Å². The van der Waals surface area contributed by atoms with Gasteiger partial charge in [0.25, 0.3) is 0 Å². The van der Waals surface area contributed by atoms with Gasteiger partial charge >= 0.3 is 0 Å². The van der Waals surface area contributed by atoms with Crippen LogP contribution in [0.15, 0.2) is 54.6 Å². The average molecular weight is 284 g/mol. The van der Waals surface area contributed by atoms with Crippen LogP contribution in [0.25, 0.3) is 0 Å². The van der Waals surface area contributed by atoms with Gasteiger partial charge in [0, 0.05) is 6.42 Å². The predicted octanol–water partition coefficient (Wildman–Crippen LogP) is 3.73. The number of rotatable bonds is 7. The maximum Gasteiger partial charge on any atom is 0.119 e. The van der Waals surface area contributed by atoms with Gasteiger partial charge in [0.05, 0.1) is 18.8 Å². The molecule has 0 heterocycles. The number of aliphatic hydroxyl groups is 1. The lowest BCUT2D eigenvalue weighted by atomic mass is 10.1. The lowest BCUT2D eigenvalue weighted by molar-refractivity contribution is 0.140. The molecule has 3 rings (SSSR count). The van der Waals surface area contributed by atoms with Crippen LogP contribution in [0.4, 0.5) is 0 Å². The fourth-order valence-electron chi connectivity index (χ4n) is 2.12. The van der Waals surface area contributed by atoms with Crippen molar-refractivity contribution < 1.29 is 14.6 Å². The maximum atomic E-state index is 10.2. The van der Waals surface area contributed by atoms with Crippen LogP contribution in [-0.4, -0.2) is 17.8 Å². The molecule has 1 atom stereocenters. The first-order valence-corrected chi connectivity index (χ1v) is 7.44. The molecule has 0 amide bonds. The zero-order chi connectivity index (χ0) is 14.5. The zero-order valence-corrected chi connectivity index (χ0v) is 11.9. The third-order valence-corrected chi connectivity index (χ3v) is 3.50. The molecule has 0 bridgehead atoms.